The van der Waals surface area contributed by atoms with E-state index in [9.17, 15) is 8.42 Å². The molecule has 0 aliphatic rings. The van der Waals surface area contributed by atoms with Gasteiger partial charge < -0.3 is 10.1 Å². The summed E-state index contributed by atoms with van der Waals surface area (Å²) >= 11 is 6.11. The molecule has 0 amide bonds. The smallest absolute Gasteiger partial charge is 0.268 e. The molecule has 0 radical (unpaired) electrons. The fourth-order valence-corrected chi connectivity index (χ4v) is 4.33. The van der Waals surface area contributed by atoms with Crippen LogP contribution in [0.25, 0.3) is 11.3 Å². The molecule has 2 aromatic heterocycles. The van der Waals surface area contributed by atoms with Crippen LogP contribution in [0.3, 0.4) is 0 Å². The van der Waals surface area contributed by atoms with Crippen molar-refractivity contribution in [3.05, 3.63) is 65.3 Å². The Morgan fingerprint density at radius 1 is 1.30 bits per heavy atom. The molecule has 1 aromatic carbocycles. The summed E-state index contributed by atoms with van der Waals surface area (Å²) in [5.74, 6) is -0.300. The Balaban J connectivity index is 2.28. The highest BCUT2D eigenvalue weighted by Gasteiger charge is 2.28. The fraction of sp³-hybridized carbons (Fsp3) is 0.167. The summed E-state index contributed by atoms with van der Waals surface area (Å²) in [6, 6.07) is 9.06. The van der Waals surface area contributed by atoms with Crippen LogP contribution < -0.4 is 10.1 Å². The van der Waals surface area contributed by atoms with Crippen molar-refractivity contribution in [3.8, 4) is 17.0 Å². The summed E-state index contributed by atoms with van der Waals surface area (Å²) < 4.78 is 47.6. The molecule has 0 aliphatic heterocycles. The van der Waals surface area contributed by atoms with Crippen LogP contribution in [-0.2, 0) is 16.6 Å². The first kappa shape index (κ1) is 19.3. The van der Waals surface area contributed by atoms with E-state index in [2.05, 4.69) is 10.3 Å². The van der Waals surface area contributed by atoms with Crippen LogP contribution >= 0.6 is 11.6 Å². The van der Waals surface area contributed by atoms with Crippen molar-refractivity contribution >= 4 is 21.6 Å². The maximum Gasteiger partial charge on any atom is 0.268 e. The average molecular weight is 410 g/mol. The molecule has 3 aromatic rings. The van der Waals surface area contributed by atoms with Gasteiger partial charge in [-0.25, -0.2) is 21.8 Å². The van der Waals surface area contributed by atoms with Gasteiger partial charge in [-0.15, -0.1) is 0 Å². The van der Waals surface area contributed by atoms with Gasteiger partial charge in [0.1, 0.15) is 16.6 Å². The second-order valence-corrected chi connectivity index (χ2v) is 7.84. The minimum Gasteiger partial charge on any atom is -0.497 e. The average Bonchev–Trinajstić information content (AvgIpc) is 3.00. The Morgan fingerprint density at radius 2 is 2.07 bits per heavy atom. The zero-order valence-corrected chi connectivity index (χ0v) is 16.2. The Morgan fingerprint density at radius 3 is 2.74 bits per heavy atom. The van der Waals surface area contributed by atoms with Gasteiger partial charge >= 0.3 is 0 Å². The highest BCUT2D eigenvalue weighted by molar-refractivity contribution is 7.90. The second kappa shape index (κ2) is 7.67. The van der Waals surface area contributed by atoms with Gasteiger partial charge in [0.05, 0.1) is 12.0 Å². The maximum atomic E-state index is 15.1. The minimum atomic E-state index is -4.10. The largest absolute Gasteiger partial charge is 0.497 e. The quantitative estimate of drug-likeness (QED) is 0.632. The number of benzene rings is 1. The summed E-state index contributed by atoms with van der Waals surface area (Å²) in [5.41, 5.74) is 0.213. The Hall–Kier alpha value is -2.42. The topological polar surface area (TPSA) is 73.2 Å². The summed E-state index contributed by atoms with van der Waals surface area (Å²) in [5, 5.41) is 2.83. The molecule has 6 nitrogen and oxygen atoms in total. The highest BCUT2D eigenvalue weighted by atomic mass is 35.5. The number of pyridine rings is 1. The molecule has 0 saturated heterocycles. The number of halogens is 2. The zero-order valence-electron chi connectivity index (χ0n) is 14.6. The molecular weight excluding hydrogens is 393 g/mol. The molecule has 142 valence electrons. The lowest BCUT2D eigenvalue weighted by Gasteiger charge is -2.12. The highest BCUT2D eigenvalue weighted by Crippen LogP contribution is 2.34. The van der Waals surface area contributed by atoms with E-state index in [-0.39, 0.29) is 33.4 Å². The third-order valence-electron chi connectivity index (χ3n) is 3.96. The Bertz CT molecular complexity index is 1080. The van der Waals surface area contributed by atoms with E-state index in [1.165, 1.54) is 37.7 Å². The summed E-state index contributed by atoms with van der Waals surface area (Å²) in [7, 11) is -1.02. The number of rotatable bonds is 6. The van der Waals surface area contributed by atoms with E-state index in [4.69, 9.17) is 16.3 Å². The fourth-order valence-electron chi connectivity index (χ4n) is 2.69. The SMILES string of the molecule is CNCc1cn(S(=O)(=O)c2cccc(OC)c2)c(-c2cccnc2Cl)c1F. The minimum absolute atomic E-state index is 0.00704. The summed E-state index contributed by atoms with van der Waals surface area (Å²) in [4.78, 5) is 3.90. The van der Waals surface area contributed by atoms with Crippen molar-refractivity contribution in [3.63, 3.8) is 0 Å². The number of nitrogens with zero attached hydrogens (tertiary/aromatic N) is 2. The predicted molar refractivity (Wildman–Crippen MR) is 101 cm³/mol. The molecule has 9 heteroatoms. The normalized spacial score (nSPS) is 11.6. The van der Waals surface area contributed by atoms with E-state index < -0.39 is 15.8 Å². The van der Waals surface area contributed by atoms with Crippen LogP contribution in [0.2, 0.25) is 5.15 Å². The predicted octanol–water partition coefficient (Wildman–Crippen LogP) is 3.31. The number of hydrogen-bond donors (Lipinski definition) is 1. The van der Waals surface area contributed by atoms with Crippen molar-refractivity contribution in [1.82, 2.24) is 14.3 Å². The monoisotopic (exact) mass is 409 g/mol. The van der Waals surface area contributed by atoms with Crippen LogP contribution in [0.15, 0.2) is 53.7 Å². The van der Waals surface area contributed by atoms with Gasteiger partial charge in [0.2, 0.25) is 0 Å². The Kier molecular flexibility index (Phi) is 5.50. The number of ether oxygens (including phenoxy) is 1. The molecule has 0 saturated carbocycles. The van der Waals surface area contributed by atoms with Gasteiger partial charge in [0.25, 0.3) is 10.0 Å². The molecule has 0 unspecified atom stereocenters. The van der Waals surface area contributed by atoms with E-state index in [1.54, 1.807) is 25.2 Å². The van der Waals surface area contributed by atoms with E-state index in [1.807, 2.05) is 0 Å². The third kappa shape index (κ3) is 3.55. The molecular formula is C18H17ClFN3O3S. The number of nitrogens with one attached hydrogen (secondary N) is 1. The number of aromatic nitrogens is 2. The number of methoxy groups -OCH3 is 1. The first-order valence-electron chi connectivity index (χ1n) is 7.95. The lowest BCUT2D eigenvalue weighted by Crippen LogP contribution is -2.14. The first-order chi connectivity index (χ1) is 12.9. The summed E-state index contributed by atoms with van der Waals surface area (Å²) in [6.07, 6.45) is 2.70. The summed E-state index contributed by atoms with van der Waals surface area (Å²) in [6.45, 7) is 0.150. The van der Waals surface area contributed by atoms with E-state index in [0.717, 1.165) is 3.97 Å². The van der Waals surface area contributed by atoms with Crippen LogP contribution in [0, 0.1) is 5.82 Å². The Labute approximate surface area is 161 Å². The van der Waals surface area contributed by atoms with Gasteiger partial charge in [-0.3, -0.25) is 0 Å². The second-order valence-electron chi connectivity index (χ2n) is 5.67. The van der Waals surface area contributed by atoms with Crippen molar-refractivity contribution in [2.75, 3.05) is 14.2 Å². The van der Waals surface area contributed by atoms with Crippen molar-refractivity contribution < 1.29 is 17.5 Å². The van der Waals surface area contributed by atoms with Gasteiger partial charge in [-0.05, 0) is 31.3 Å². The maximum absolute atomic E-state index is 15.1. The lowest BCUT2D eigenvalue weighted by atomic mass is 10.2. The molecule has 27 heavy (non-hydrogen) atoms. The lowest BCUT2D eigenvalue weighted by molar-refractivity contribution is 0.413. The molecule has 0 bridgehead atoms. The van der Waals surface area contributed by atoms with E-state index >= 15 is 4.39 Å². The van der Waals surface area contributed by atoms with Crippen LogP contribution in [0.1, 0.15) is 5.56 Å². The molecule has 0 fully saturated rings. The van der Waals surface area contributed by atoms with Gasteiger partial charge in [0.15, 0.2) is 5.82 Å². The molecule has 1 N–H and O–H groups in total. The molecule has 2 heterocycles. The third-order valence-corrected chi connectivity index (χ3v) is 5.92. The van der Waals surface area contributed by atoms with Crippen molar-refractivity contribution in [1.29, 1.82) is 0 Å². The van der Waals surface area contributed by atoms with Gasteiger partial charge in [-0.1, -0.05) is 17.7 Å². The standard InChI is InChI=1S/C18H17ClFN3O3S/c1-21-10-12-11-23(17(16(12)20)15-7-4-8-22-18(15)19)27(24,25)14-6-3-5-13(9-14)26-2/h3-9,11,21H,10H2,1-2H3. The zero-order chi connectivity index (χ0) is 19.6. The van der Waals surface area contributed by atoms with Gasteiger partial charge in [0, 0.05) is 36.1 Å². The van der Waals surface area contributed by atoms with Gasteiger partial charge in [-0.2, -0.15) is 0 Å². The van der Waals surface area contributed by atoms with Crippen LogP contribution in [0.5, 0.6) is 5.75 Å². The van der Waals surface area contributed by atoms with Crippen LogP contribution in [0.4, 0.5) is 4.39 Å². The molecule has 0 aliphatic carbocycles. The molecule has 3 rings (SSSR count). The first-order valence-corrected chi connectivity index (χ1v) is 9.76. The number of hydrogen-bond acceptors (Lipinski definition) is 5. The molecule has 0 spiro atoms. The van der Waals surface area contributed by atoms with Crippen molar-refractivity contribution in [2.45, 2.75) is 11.4 Å². The molecule has 0 atom stereocenters. The van der Waals surface area contributed by atoms with Crippen molar-refractivity contribution in [2.24, 2.45) is 0 Å². The van der Waals surface area contributed by atoms with E-state index in [0.29, 0.717) is 5.75 Å². The van der Waals surface area contributed by atoms with Crippen LogP contribution in [-0.4, -0.2) is 31.5 Å².